The third-order valence-electron chi connectivity index (χ3n) is 4.91. The first-order valence-electron chi connectivity index (χ1n) is 8.73. The number of nitrogens with zero attached hydrogens (tertiary/aromatic N) is 3. The van der Waals surface area contributed by atoms with Gasteiger partial charge in [0, 0.05) is 38.4 Å². The lowest BCUT2D eigenvalue weighted by Crippen LogP contribution is -2.52. The van der Waals surface area contributed by atoms with Gasteiger partial charge in [-0.25, -0.2) is 0 Å². The molecule has 2 aliphatic rings. The summed E-state index contributed by atoms with van der Waals surface area (Å²) in [5.41, 5.74) is 1.17. The number of piperidine rings is 1. The largest absolute Gasteiger partial charge is 0.497 e. The van der Waals surface area contributed by atoms with Crippen LogP contribution in [0.5, 0.6) is 5.75 Å². The van der Waals surface area contributed by atoms with Crippen LogP contribution in [0.3, 0.4) is 0 Å². The molecule has 1 N–H and O–H groups in total. The summed E-state index contributed by atoms with van der Waals surface area (Å²) in [6.45, 7) is 5.16. The molecule has 132 valence electrons. The van der Waals surface area contributed by atoms with Gasteiger partial charge in [-0.3, -0.25) is 9.69 Å². The monoisotopic (exact) mass is 333 g/mol. The molecule has 1 aromatic rings. The van der Waals surface area contributed by atoms with Crippen molar-refractivity contribution in [2.24, 2.45) is 0 Å². The fourth-order valence-electron chi connectivity index (χ4n) is 3.47. The standard InChI is InChI=1S/C18H27N3O3/c1-24-17-6-4-15(5-7-17)20-9-11-21(12-10-20)18(23)14-19-8-2-3-16(22)13-19/h4-7,16,22H,2-3,8-14H2,1H3. The van der Waals surface area contributed by atoms with Crippen molar-refractivity contribution < 1.29 is 14.6 Å². The summed E-state index contributed by atoms with van der Waals surface area (Å²) in [4.78, 5) is 18.8. The Morgan fingerprint density at radius 1 is 1.17 bits per heavy atom. The third-order valence-corrected chi connectivity index (χ3v) is 4.91. The molecular weight excluding hydrogens is 306 g/mol. The predicted octanol–water partition coefficient (Wildman–Crippen LogP) is 0.800. The number of ether oxygens (including phenoxy) is 1. The van der Waals surface area contributed by atoms with Crippen molar-refractivity contribution >= 4 is 11.6 Å². The molecule has 2 aliphatic heterocycles. The highest BCUT2D eigenvalue weighted by atomic mass is 16.5. The highest BCUT2D eigenvalue weighted by Gasteiger charge is 2.25. The summed E-state index contributed by atoms with van der Waals surface area (Å²) in [6, 6.07) is 8.06. The van der Waals surface area contributed by atoms with Gasteiger partial charge in [-0.1, -0.05) is 0 Å². The number of piperazine rings is 1. The van der Waals surface area contributed by atoms with Gasteiger partial charge in [0.05, 0.1) is 19.8 Å². The number of hydrogen-bond acceptors (Lipinski definition) is 5. The lowest BCUT2D eigenvalue weighted by molar-refractivity contribution is -0.133. The van der Waals surface area contributed by atoms with E-state index in [4.69, 9.17) is 4.74 Å². The number of benzene rings is 1. The van der Waals surface area contributed by atoms with E-state index in [0.717, 1.165) is 51.3 Å². The van der Waals surface area contributed by atoms with Gasteiger partial charge in [0.15, 0.2) is 0 Å². The molecule has 0 aliphatic carbocycles. The van der Waals surface area contributed by atoms with Crippen LogP contribution in [0.15, 0.2) is 24.3 Å². The van der Waals surface area contributed by atoms with Crippen molar-refractivity contribution in [1.82, 2.24) is 9.80 Å². The van der Waals surface area contributed by atoms with Gasteiger partial charge >= 0.3 is 0 Å². The molecule has 0 spiro atoms. The minimum atomic E-state index is -0.279. The van der Waals surface area contributed by atoms with Gasteiger partial charge < -0.3 is 19.6 Å². The molecule has 0 aromatic heterocycles. The number of carbonyl (C=O) groups is 1. The van der Waals surface area contributed by atoms with Gasteiger partial charge in [0.2, 0.25) is 5.91 Å². The molecule has 6 nitrogen and oxygen atoms in total. The van der Waals surface area contributed by atoms with Gasteiger partial charge in [-0.15, -0.1) is 0 Å². The average molecular weight is 333 g/mol. The van der Waals surface area contributed by atoms with Gasteiger partial charge in [-0.2, -0.15) is 0 Å². The lowest BCUT2D eigenvalue weighted by atomic mass is 10.1. The van der Waals surface area contributed by atoms with E-state index in [9.17, 15) is 9.90 Å². The topological polar surface area (TPSA) is 56.2 Å². The molecule has 6 heteroatoms. The number of likely N-dealkylation sites (tertiary alicyclic amines) is 1. The summed E-state index contributed by atoms with van der Waals surface area (Å²) in [5.74, 6) is 1.04. The maximum Gasteiger partial charge on any atom is 0.236 e. The summed E-state index contributed by atoms with van der Waals surface area (Å²) < 4.78 is 5.19. The van der Waals surface area contributed by atoms with Gasteiger partial charge in [0.25, 0.3) is 0 Å². The number of aliphatic hydroxyl groups is 1. The second kappa shape index (κ2) is 7.85. The van der Waals surface area contributed by atoms with Crippen molar-refractivity contribution in [3.8, 4) is 5.75 Å². The number of hydrogen-bond donors (Lipinski definition) is 1. The van der Waals surface area contributed by atoms with E-state index in [1.54, 1.807) is 7.11 Å². The van der Waals surface area contributed by atoms with Crippen molar-refractivity contribution in [3.63, 3.8) is 0 Å². The Labute approximate surface area is 143 Å². The van der Waals surface area contributed by atoms with Crippen LogP contribution in [-0.4, -0.2) is 79.8 Å². The van der Waals surface area contributed by atoms with E-state index < -0.39 is 0 Å². The Morgan fingerprint density at radius 2 is 1.88 bits per heavy atom. The molecule has 3 rings (SSSR count). The van der Waals surface area contributed by atoms with E-state index in [1.165, 1.54) is 5.69 Å². The molecule has 2 saturated heterocycles. The molecule has 24 heavy (non-hydrogen) atoms. The van der Waals surface area contributed by atoms with Crippen LogP contribution < -0.4 is 9.64 Å². The van der Waals surface area contributed by atoms with Crippen LogP contribution in [0, 0.1) is 0 Å². The zero-order valence-electron chi connectivity index (χ0n) is 14.4. The van der Waals surface area contributed by atoms with Crippen molar-refractivity contribution in [3.05, 3.63) is 24.3 Å². The average Bonchev–Trinajstić information content (AvgIpc) is 2.62. The minimum absolute atomic E-state index is 0.179. The fourth-order valence-corrected chi connectivity index (χ4v) is 3.47. The molecule has 1 unspecified atom stereocenters. The van der Waals surface area contributed by atoms with Gasteiger partial charge in [0.1, 0.15) is 5.75 Å². The molecule has 2 fully saturated rings. The maximum atomic E-state index is 12.5. The first-order chi connectivity index (χ1) is 11.7. The van der Waals surface area contributed by atoms with Crippen LogP contribution in [-0.2, 0) is 4.79 Å². The molecule has 1 aromatic carbocycles. The fraction of sp³-hybridized carbons (Fsp3) is 0.611. The van der Waals surface area contributed by atoms with Crippen LogP contribution >= 0.6 is 0 Å². The number of amides is 1. The highest BCUT2D eigenvalue weighted by Crippen LogP contribution is 2.20. The Kier molecular flexibility index (Phi) is 5.58. The Bertz CT molecular complexity index is 541. The van der Waals surface area contributed by atoms with Crippen LogP contribution in [0.4, 0.5) is 5.69 Å². The molecular formula is C18H27N3O3. The summed E-state index contributed by atoms with van der Waals surface area (Å²) in [6.07, 6.45) is 1.55. The number of β-amino-alcohol motifs (C(OH)–C–C–N with tert-alkyl or cyclic N) is 1. The predicted molar refractivity (Wildman–Crippen MR) is 93.5 cm³/mol. The Balaban J connectivity index is 1.48. The molecule has 1 atom stereocenters. The number of aliphatic hydroxyl groups excluding tert-OH is 1. The number of rotatable bonds is 4. The van der Waals surface area contributed by atoms with E-state index in [-0.39, 0.29) is 12.0 Å². The Hall–Kier alpha value is -1.79. The first-order valence-corrected chi connectivity index (χ1v) is 8.73. The number of anilines is 1. The summed E-state index contributed by atoms with van der Waals surface area (Å²) >= 11 is 0. The van der Waals surface area contributed by atoms with Crippen molar-refractivity contribution in [2.45, 2.75) is 18.9 Å². The molecule has 1 amide bonds. The number of methoxy groups -OCH3 is 1. The molecule has 0 radical (unpaired) electrons. The highest BCUT2D eigenvalue weighted by molar-refractivity contribution is 5.78. The molecule has 0 bridgehead atoms. The lowest BCUT2D eigenvalue weighted by Gasteiger charge is -2.37. The van der Waals surface area contributed by atoms with Crippen LogP contribution in [0.25, 0.3) is 0 Å². The normalized spacial score (nSPS) is 22.5. The van der Waals surface area contributed by atoms with E-state index in [0.29, 0.717) is 13.1 Å². The van der Waals surface area contributed by atoms with Gasteiger partial charge in [-0.05, 0) is 43.7 Å². The SMILES string of the molecule is COc1ccc(N2CCN(C(=O)CN3CCCC(O)C3)CC2)cc1. The smallest absolute Gasteiger partial charge is 0.236 e. The first kappa shape index (κ1) is 17.0. The number of carbonyl (C=O) groups excluding carboxylic acids is 1. The van der Waals surface area contributed by atoms with Crippen molar-refractivity contribution in [2.75, 3.05) is 57.8 Å². The molecule has 0 saturated carbocycles. The van der Waals surface area contributed by atoms with E-state index in [1.807, 2.05) is 17.0 Å². The van der Waals surface area contributed by atoms with Crippen molar-refractivity contribution in [1.29, 1.82) is 0 Å². The summed E-state index contributed by atoms with van der Waals surface area (Å²) in [7, 11) is 1.67. The van der Waals surface area contributed by atoms with Crippen LogP contribution in [0.1, 0.15) is 12.8 Å². The second-order valence-corrected chi connectivity index (χ2v) is 6.60. The second-order valence-electron chi connectivity index (χ2n) is 6.60. The zero-order valence-corrected chi connectivity index (χ0v) is 14.4. The minimum Gasteiger partial charge on any atom is -0.497 e. The summed E-state index contributed by atoms with van der Waals surface area (Å²) in [5, 5.41) is 9.72. The van der Waals surface area contributed by atoms with E-state index in [2.05, 4.69) is 21.9 Å². The zero-order chi connectivity index (χ0) is 16.9. The molecule has 2 heterocycles. The van der Waals surface area contributed by atoms with E-state index >= 15 is 0 Å². The quantitative estimate of drug-likeness (QED) is 0.883. The Morgan fingerprint density at radius 3 is 2.50 bits per heavy atom. The maximum absolute atomic E-state index is 12.5. The van der Waals surface area contributed by atoms with Crippen LogP contribution in [0.2, 0.25) is 0 Å². The third kappa shape index (κ3) is 4.19.